The number of Topliss-reactive ketones (excluding diaryl/α,β-unsaturated/α-hetero) is 1. The van der Waals surface area contributed by atoms with Crippen molar-refractivity contribution >= 4 is 21.7 Å². The monoisotopic (exact) mass is 308 g/mol. The molecule has 2 nitrogen and oxygen atoms in total. The summed E-state index contributed by atoms with van der Waals surface area (Å²) in [7, 11) is 0. The minimum absolute atomic E-state index is 0.0814. The molecule has 18 heavy (non-hydrogen) atoms. The Hall–Kier alpha value is -1.68. The van der Waals surface area contributed by atoms with E-state index in [-0.39, 0.29) is 18.1 Å². The zero-order valence-corrected chi connectivity index (χ0v) is 11.0. The van der Waals surface area contributed by atoms with E-state index in [1.54, 1.807) is 30.3 Å². The van der Waals surface area contributed by atoms with Crippen LogP contribution in [-0.2, 0) is 0 Å². The van der Waals surface area contributed by atoms with Gasteiger partial charge in [0.1, 0.15) is 0 Å². The van der Waals surface area contributed by atoms with Gasteiger partial charge in [-0.15, -0.1) is 0 Å². The normalized spacial score (nSPS) is 10.1. The van der Waals surface area contributed by atoms with Crippen molar-refractivity contribution < 1.29 is 13.9 Å². The zero-order valence-electron chi connectivity index (χ0n) is 9.40. The Morgan fingerprint density at radius 3 is 2.50 bits per heavy atom. The van der Waals surface area contributed by atoms with Crippen LogP contribution in [0.5, 0.6) is 5.75 Å². The van der Waals surface area contributed by atoms with E-state index < -0.39 is 5.82 Å². The van der Waals surface area contributed by atoms with Crippen LogP contribution in [0.2, 0.25) is 0 Å². The Labute approximate surface area is 113 Å². The Morgan fingerprint density at radius 1 is 1.11 bits per heavy atom. The molecule has 0 bridgehead atoms. The Morgan fingerprint density at radius 2 is 1.78 bits per heavy atom. The second kappa shape index (κ2) is 5.78. The molecule has 0 aliphatic heterocycles. The number of ketones is 1. The van der Waals surface area contributed by atoms with Crippen LogP contribution in [-0.4, -0.2) is 12.4 Å². The SMILES string of the molecule is O=C(COc1ccccc1F)c1ccccc1Br. The summed E-state index contributed by atoms with van der Waals surface area (Å²) >= 11 is 3.29. The van der Waals surface area contributed by atoms with E-state index in [2.05, 4.69) is 15.9 Å². The van der Waals surface area contributed by atoms with Gasteiger partial charge in [-0.1, -0.05) is 46.3 Å². The van der Waals surface area contributed by atoms with Crippen molar-refractivity contribution in [2.75, 3.05) is 6.61 Å². The third-order valence-electron chi connectivity index (χ3n) is 2.37. The number of carbonyl (C=O) groups is 1. The van der Waals surface area contributed by atoms with Gasteiger partial charge in [-0.25, -0.2) is 4.39 Å². The fourth-order valence-electron chi connectivity index (χ4n) is 1.47. The van der Waals surface area contributed by atoms with Crippen molar-refractivity contribution in [3.05, 3.63) is 64.4 Å². The van der Waals surface area contributed by atoms with Crippen LogP contribution in [0, 0.1) is 5.82 Å². The maximum Gasteiger partial charge on any atom is 0.201 e. The van der Waals surface area contributed by atoms with Crippen LogP contribution in [0.4, 0.5) is 4.39 Å². The predicted octanol–water partition coefficient (Wildman–Crippen LogP) is 3.85. The molecule has 2 aromatic carbocycles. The molecule has 2 aromatic rings. The minimum atomic E-state index is -0.475. The third-order valence-corrected chi connectivity index (χ3v) is 3.06. The molecule has 0 unspecified atom stereocenters. The number of carbonyl (C=O) groups excluding carboxylic acids is 1. The maximum absolute atomic E-state index is 13.3. The average Bonchev–Trinajstić information content (AvgIpc) is 2.38. The lowest BCUT2D eigenvalue weighted by atomic mass is 10.1. The van der Waals surface area contributed by atoms with Gasteiger partial charge in [0.05, 0.1) is 0 Å². The standard InChI is InChI=1S/C14H10BrFO2/c15-11-6-2-1-5-10(11)13(17)9-18-14-8-4-3-7-12(14)16/h1-8H,9H2. The molecular formula is C14H10BrFO2. The van der Waals surface area contributed by atoms with E-state index in [0.717, 1.165) is 0 Å². The number of rotatable bonds is 4. The number of benzene rings is 2. The van der Waals surface area contributed by atoms with E-state index in [9.17, 15) is 9.18 Å². The summed E-state index contributed by atoms with van der Waals surface area (Å²) in [4.78, 5) is 11.9. The summed E-state index contributed by atoms with van der Waals surface area (Å²) < 4.78 is 19.1. The van der Waals surface area contributed by atoms with Gasteiger partial charge in [0.2, 0.25) is 5.78 Å². The van der Waals surface area contributed by atoms with E-state index >= 15 is 0 Å². The summed E-state index contributed by atoms with van der Waals surface area (Å²) in [5.74, 6) is -0.596. The van der Waals surface area contributed by atoms with E-state index in [1.807, 2.05) is 6.07 Å². The van der Waals surface area contributed by atoms with Crippen molar-refractivity contribution in [1.82, 2.24) is 0 Å². The molecule has 0 saturated carbocycles. The lowest BCUT2D eigenvalue weighted by Gasteiger charge is -2.07. The van der Waals surface area contributed by atoms with Gasteiger partial charge in [0.15, 0.2) is 18.2 Å². The molecule has 0 aliphatic carbocycles. The number of halogens is 2. The van der Waals surface area contributed by atoms with Crippen LogP contribution in [0.3, 0.4) is 0 Å². The summed E-state index contributed by atoms with van der Waals surface area (Å²) in [6, 6.07) is 13.0. The van der Waals surface area contributed by atoms with Gasteiger partial charge in [-0.2, -0.15) is 0 Å². The quantitative estimate of drug-likeness (QED) is 0.802. The molecule has 0 aromatic heterocycles. The molecule has 0 heterocycles. The van der Waals surface area contributed by atoms with E-state index in [0.29, 0.717) is 10.0 Å². The first-order valence-electron chi connectivity index (χ1n) is 5.33. The molecule has 0 radical (unpaired) electrons. The van der Waals surface area contributed by atoms with Gasteiger partial charge in [-0.3, -0.25) is 4.79 Å². The first-order chi connectivity index (χ1) is 8.68. The predicted molar refractivity (Wildman–Crippen MR) is 70.4 cm³/mol. The Kier molecular flexibility index (Phi) is 4.10. The highest BCUT2D eigenvalue weighted by atomic mass is 79.9. The highest BCUT2D eigenvalue weighted by Gasteiger charge is 2.11. The first-order valence-corrected chi connectivity index (χ1v) is 6.13. The number of ether oxygens (including phenoxy) is 1. The zero-order chi connectivity index (χ0) is 13.0. The number of para-hydroxylation sites is 1. The fourth-order valence-corrected chi connectivity index (χ4v) is 1.98. The topological polar surface area (TPSA) is 26.3 Å². The maximum atomic E-state index is 13.3. The second-order valence-corrected chi connectivity index (χ2v) is 4.48. The summed E-state index contributed by atoms with van der Waals surface area (Å²) in [5, 5.41) is 0. The molecule has 0 N–H and O–H groups in total. The average molecular weight is 309 g/mol. The van der Waals surface area contributed by atoms with Gasteiger partial charge >= 0.3 is 0 Å². The lowest BCUT2D eigenvalue weighted by Crippen LogP contribution is -2.12. The lowest BCUT2D eigenvalue weighted by molar-refractivity contribution is 0.0918. The Balaban J connectivity index is 2.06. The molecular weight excluding hydrogens is 299 g/mol. The number of hydrogen-bond donors (Lipinski definition) is 0. The van der Waals surface area contributed by atoms with E-state index in [1.165, 1.54) is 12.1 Å². The van der Waals surface area contributed by atoms with Crippen molar-refractivity contribution in [1.29, 1.82) is 0 Å². The molecule has 0 atom stereocenters. The molecule has 0 saturated heterocycles. The van der Waals surface area contributed by atoms with Gasteiger partial charge in [0, 0.05) is 10.0 Å². The van der Waals surface area contributed by atoms with Crippen molar-refractivity contribution in [3.63, 3.8) is 0 Å². The molecule has 2 rings (SSSR count). The highest BCUT2D eigenvalue weighted by Crippen LogP contribution is 2.18. The molecule has 0 fully saturated rings. The van der Waals surface area contributed by atoms with Crippen molar-refractivity contribution in [3.8, 4) is 5.75 Å². The smallest absolute Gasteiger partial charge is 0.201 e. The van der Waals surface area contributed by atoms with Crippen molar-refractivity contribution in [2.45, 2.75) is 0 Å². The summed E-state index contributed by atoms with van der Waals surface area (Å²) in [6.45, 7) is -0.191. The molecule has 0 amide bonds. The molecule has 92 valence electrons. The molecule has 0 aliphatic rings. The third kappa shape index (κ3) is 2.96. The van der Waals surface area contributed by atoms with Crippen LogP contribution in [0.1, 0.15) is 10.4 Å². The first kappa shape index (κ1) is 12.8. The Bertz CT molecular complexity index is 569. The summed E-state index contributed by atoms with van der Waals surface area (Å²) in [6.07, 6.45) is 0. The van der Waals surface area contributed by atoms with Gasteiger partial charge in [0.25, 0.3) is 0 Å². The highest BCUT2D eigenvalue weighted by molar-refractivity contribution is 9.10. The molecule has 4 heteroatoms. The van der Waals surface area contributed by atoms with Crippen LogP contribution in [0.15, 0.2) is 53.0 Å². The second-order valence-electron chi connectivity index (χ2n) is 3.62. The fraction of sp³-hybridized carbons (Fsp3) is 0.0714. The van der Waals surface area contributed by atoms with Gasteiger partial charge < -0.3 is 4.74 Å². The van der Waals surface area contributed by atoms with E-state index in [4.69, 9.17) is 4.74 Å². The van der Waals surface area contributed by atoms with Crippen LogP contribution >= 0.6 is 15.9 Å². The van der Waals surface area contributed by atoms with Gasteiger partial charge in [-0.05, 0) is 18.2 Å². The molecule has 0 spiro atoms. The van der Waals surface area contributed by atoms with Crippen LogP contribution < -0.4 is 4.74 Å². The minimum Gasteiger partial charge on any atom is -0.482 e. The summed E-state index contributed by atoms with van der Waals surface area (Å²) in [5.41, 5.74) is 0.522. The largest absolute Gasteiger partial charge is 0.482 e. The van der Waals surface area contributed by atoms with Crippen LogP contribution in [0.25, 0.3) is 0 Å². The number of hydrogen-bond acceptors (Lipinski definition) is 2. The van der Waals surface area contributed by atoms with Crippen molar-refractivity contribution in [2.24, 2.45) is 0 Å².